The number of benzene rings is 2. The van der Waals surface area contributed by atoms with Gasteiger partial charge in [0.15, 0.2) is 0 Å². The van der Waals surface area contributed by atoms with E-state index in [-0.39, 0.29) is 28.7 Å². The van der Waals surface area contributed by atoms with Crippen LogP contribution in [0.15, 0.2) is 65.7 Å². The first-order valence-corrected chi connectivity index (χ1v) is 14.7. The Morgan fingerprint density at radius 3 is 2.44 bits per heavy atom. The first-order valence-electron chi connectivity index (χ1n) is 13.3. The van der Waals surface area contributed by atoms with Crippen molar-refractivity contribution in [3.05, 3.63) is 83.4 Å². The minimum atomic E-state index is -3.90. The summed E-state index contributed by atoms with van der Waals surface area (Å²) in [4.78, 5) is 36.6. The first kappa shape index (κ1) is 29.9. The second-order valence-electron chi connectivity index (χ2n) is 10.3. The van der Waals surface area contributed by atoms with E-state index in [1.807, 2.05) is 26.8 Å². The number of sulfonamides is 1. The molecule has 4 rings (SSSR count). The topological polar surface area (TPSA) is 132 Å². The minimum Gasteiger partial charge on any atom is -0.460 e. The maximum atomic E-state index is 13.6. The van der Waals surface area contributed by atoms with Crippen molar-refractivity contribution in [3.63, 3.8) is 0 Å². The molecule has 2 heterocycles. The number of pyridine rings is 1. The Hall–Kier alpha value is -4.09. The number of nitrogens with zero attached hydrogens (tertiary/aromatic N) is 3. The van der Waals surface area contributed by atoms with Gasteiger partial charge in [0.1, 0.15) is 29.3 Å². The molecule has 0 bridgehead atoms. The van der Waals surface area contributed by atoms with Crippen LogP contribution in [0.3, 0.4) is 0 Å². The average molecular weight is 579 g/mol. The van der Waals surface area contributed by atoms with Crippen molar-refractivity contribution in [3.8, 4) is 5.75 Å². The zero-order valence-corrected chi connectivity index (χ0v) is 24.6. The monoisotopic (exact) mass is 578 g/mol. The Bertz CT molecular complexity index is 1650. The maximum Gasteiger partial charge on any atom is 0.342 e. The molecule has 41 heavy (non-hydrogen) atoms. The average Bonchev–Trinajstić information content (AvgIpc) is 3.31. The Kier molecular flexibility index (Phi) is 9.19. The number of aromatic nitrogens is 3. The highest BCUT2D eigenvalue weighted by Crippen LogP contribution is 2.24. The molecule has 0 aliphatic carbocycles. The van der Waals surface area contributed by atoms with Gasteiger partial charge in [-0.15, -0.1) is 0 Å². The second kappa shape index (κ2) is 12.6. The molecule has 0 saturated carbocycles. The molecule has 4 aromatic rings. The fraction of sp³-hybridized carbons (Fsp3) is 0.333. The van der Waals surface area contributed by atoms with Gasteiger partial charge >= 0.3 is 11.9 Å². The van der Waals surface area contributed by atoms with E-state index in [2.05, 4.69) is 15.0 Å². The summed E-state index contributed by atoms with van der Waals surface area (Å²) in [6.07, 6.45) is 2.68. The fourth-order valence-corrected chi connectivity index (χ4v) is 5.92. The van der Waals surface area contributed by atoms with Crippen molar-refractivity contribution in [2.45, 2.75) is 51.5 Å². The Morgan fingerprint density at radius 2 is 1.76 bits per heavy atom. The summed E-state index contributed by atoms with van der Waals surface area (Å²) in [5.41, 5.74) is 3.48. The first-order chi connectivity index (χ1) is 19.5. The number of nitrogens with one attached hydrogen (secondary N) is 1. The second-order valence-corrected chi connectivity index (χ2v) is 12.3. The zero-order chi connectivity index (χ0) is 29.7. The smallest absolute Gasteiger partial charge is 0.342 e. The van der Waals surface area contributed by atoms with Gasteiger partial charge in [-0.2, -0.15) is 4.31 Å². The maximum absolute atomic E-state index is 13.6. The molecule has 0 fully saturated rings. The molecule has 1 N–H and O–H groups in total. The summed E-state index contributed by atoms with van der Waals surface area (Å²) < 4.78 is 39.1. The molecule has 2 aromatic carbocycles. The molecule has 2 aromatic heterocycles. The summed E-state index contributed by atoms with van der Waals surface area (Å²) in [6, 6.07) is 14.2. The van der Waals surface area contributed by atoms with Gasteiger partial charge in [-0.05, 0) is 55.2 Å². The SMILES string of the molecule is CC(=O)Oc1ccccc1C(=O)OC[C@H](CC(C)C)N(C)S(=O)(=O)c1ccc(Cc2nccc3[nH]c(C)nc23)cc1. The van der Waals surface area contributed by atoms with E-state index in [0.717, 1.165) is 28.1 Å². The van der Waals surface area contributed by atoms with Crippen LogP contribution in [0.2, 0.25) is 0 Å². The van der Waals surface area contributed by atoms with Crippen LogP contribution in [0.25, 0.3) is 11.0 Å². The molecule has 0 saturated heterocycles. The van der Waals surface area contributed by atoms with Crippen LogP contribution in [-0.2, 0) is 26.0 Å². The standard InChI is InChI=1S/C30H34N4O6S/c1-19(2)16-23(18-39-30(36)25-8-6-7-9-28(25)40-21(4)35)34(5)41(37,38)24-12-10-22(11-13-24)17-27-29-26(14-15-31-27)32-20(3)33-29/h6-15,19,23H,16-18H2,1-5H3,(H,32,33)/t23-/m0/s1. The van der Waals surface area contributed by atoms with Crippen molar-refractivity contribution in [1.29, 1.82) is 0 Å². The number of esters is 2. The lowest BCUT2D eigenvalue weighted by molar-refractivity contribution is -0.131. The van der Waals surface area contributed by atoms with Gasteiger partial charge in [0.2, 0.25) is 10.0 Å². The molecule has 10 nitrogen and oxygen atoms in total. The van der Waals surface area contributed by atoms with Gasteiger partial charge in [-0.3, -0.25) is 9.78 Å². The predicted molar refractivity (Wildman–Crippen MR) is 154 cm³/mol. The van der Waals surface area contributed by atoms with E-state index in [9.17, 15) is 18.0 Å². The highest BCUT2D eigenvalue weighted by atomic mass is 32.2. The van der Waals surface area contributed by atoms with E-state index < -0.39 is 28.0 Å². The summed E-state index contributed by atoms with van der Waals surface area (Å²) in [5, 5.41) is 0. The van der Waals surface area contributed by atoms with Gasteiger partial charge in [0.25, 0.3) is 0 Å². The third-order valence-corrected chi connectivity index (χ3v) is 8.52. The fourth-order valence-electron chi connectivity index (χ4n) is 4.57. The summed E-state index contributed by atoms with van der Waals surface area (Å²) in [6.45, 7) is 6.89. The lowest BCUT2D eigenvalue weighted by Crippen LogP contribution is -2.41. The summed E-state index contributed by atoms with van der Waals surface area (Å²) >= 11 is 0. The van der Waals surface area contributed by atoms with Crippen molar-refractivity contribution in [2.75, 3.05) is 13.7 Å². The van der Waals surface area contributed by atoms with Gasteiger partial charge in [0, 0.05) is 26.6 Å². The van der Waals surface area contributed by atoms with E-state index in [1.54, 1.807) is 42.6 Å². The zero-order valence-electron chi connectivity index (χ0n) is 23.7. The molecule has 1 atom stereocenters. The number of rotatable bonds is 11. The predicted octanol–water partition coefficient (Wildman–Crippen LogP) is 4.67. The van der Waals surface area contributed by atoms with E-state index in [0.29, 0.717) is 12.8 Å². The number of aryl methyl sites for hydroxylation is 1. The summed E-state index contributed by atoms with van der Waals surface area (Å²) in [7, 11) is -2.41. The number of likely N-dealkylation sites (N-methyl/N-ethyl adjacent to an activating group) is 1. The minimum absolute atomic E-state index is 0.0836. The third-order valence-electron chi connectivity index (χ3n) is 6.59. The molecule has 0 amide bonds. The number of ether oxygens (including phenoxy) is 2. The van der Waals surface area contributed by atoms with Crippen molar-refractivity contribution in [2.24, 2.45) is 5.92 Å². The molecule has 0 aliphatic heterocycles. The third kappa shape index (κ3) is 7.17. The number of hydrogen-bond acceptors (Lipinski definition) is 8. The molecule has 0 spiro atoms. The molecule has 216 valence electrons. The number of imidazole rings is 1. The van der Waals surface area contributed by atoms with E-state index in [4.69, 9.17) is 9.47 Å². The highest BCUT2D eigenvalue weighted by molar-refractivity contribution is 7.89. The van der Waals surface area contributed by atoms with Crippen LogP contribution in [0.5, 0.6) is 5.75 Å². The molecule has 0 unspecified atom stereocenters. The highest BCUT2D eigenvalue weighted by Gasteiger charge is 2.30. The largest absolute Gasteiger partial charge is 0.460 e. The molecule has 11 heteroatoms. The van der Waals surface area contributed by atoms with Crippen LogP contribution in [0.1, 0.15) is 54.6 Å². The van der Waals surface area contributed by atoms with Crippen LogP contribution in [0, 0.1) is 12.8 Å². The molecule has 0 aliphatic rings. The number of carbonyl (C=O) groups excluding carboxylic acids is 2. The lowest BCUT2D eigenvalue weighted by Gasteiger charge is -2.28. The van der Waals surface area contributed by atoms with Crippen molar-refractivity contribution in [1.82, 2.24) is 19.3 Å². The molecular weight excluding hydrogens is 544 g/mol. The normalized spacial score (nSPS) is 12.6. The molecule has 0 radical (unpaired) electrons. The van der Waals surface area contributed by atoms with Crippen LogP contribution >= 0.6 is 0 Å². The van der Waals surface area contributed by atoms with Crippen molar-refractivity contribution < 1.29 is 27.5 Å². The number of aromatic amines is 1. The van der Waals surface area contributed by atoms with Gasteiger partial charge in [-0.1, -0.05) is 38.1 Å². The van der Waals surface area contributed by atoms with E-state index in [1.165, 1.54) is 30.4 Å². The van der Waals surface area contributed by atoms with Crippen LogP contribution < -0.4 is 4.74 Å². The number of H-pyrrole nitrogens is 1. The number of carbonyl (C=O) groups is 2. The summed E-state index contributed by atoms with van der Waals surface area (Å²) in [5.74, 6) is -0.256. The number of fused-ring (bicyclic) bond motifs is 1. The Balaban J connectivity index is 1.49. The van der Waals surface area contributed by atoms with E-state index >= 15 is 0 Å². The molecular formula is C30H34N4O6S. The Morgan fingerprint density at radius 1 is 1.05 bits per heavy atom. The number of hydrogen-bond donors (Lipinski definition) is 1. The Labute approximate surface area is 239 Å². The van der Waals surface area contributed by atoms with Crippen molar-refractivity contribution >= 4 is 33.0 Å². The number of para-hydroxylation sites is 1. The van der Waals surface area contributed by atoms with Crippen LogP contribution in [0.4, 0.5) is 0 Å². The van der Waals surface area contributed by atoms with Gasteiger partial charge < -0.3 is 14.5 Å². The quantitative estimate of drug-likeness (QED) is 0.201. The lowest BCUT2D eigenvalue weighted by atomic mass is 10.0. The van der Waals surface area contributed by atoms with Crippen LogP contribution in [-0.4, -0.2) is 59.3 Å². The van der Waals surface area contributed by atoms with Gasteiger partial charge in [0.05, 0.1) is 22.1 Å². The van der Waals surface area contributed by atoms with Gasteiger partial charge in [-0.25, -0.2) is 18.2 Å².